The highest BCUT2D eigenvalue weighted by molar-refractivity contribution is 5.78. The number of rotatable bonds is 3. The Balaban J connectivity index is 1.66. The highest BCUT2D eigenvalue weighted by Gasteiger charge is 2.47. The van der Waals surface area contributed by atoms with E-state index in [2.05, 4.69) is 4.99 Å². The van der Waals surface area contributed by atoms with Crippen molar-refractivity contribution in [3.05, 3.63) is 0 Å². The fourth-order valence-electron chi connectivity index (χ4n) is 3.15. The van der Waals surface area contributed by atoms with Gasteiger partial charge in [-0.05, 0) is 25.2 Å². The Morgan fingerprint density at radius 2 is 2.00 bits per heavy atom. The maximum atomic E-state index is 10.0. The summed E-state index contributed by atoms with van der Waals surface area (Å²) >= 11 is 0. The molecule has 5 heteroatoms. The first kappa shape index (κ1) is 12.4. The van der Waals surface area contributed by atoms with Gasteiger partial charge in [0.15, 0.2) is 5.90 Å². The Morgan fingerprint density at radius 3 is 2.61 bits per heavy atom. The molecule has 0 saturated heterocycles. The van der Waals surface area contributed by atoms with Crippen LogP contribution in [0.15, 0.2) is 4.99 Å². The average Bonchev–Trinajstić information content (AvgIpc) is 2.71. The lowest BCUT2D eigenvalue weighted by Crippen LogP contribution is -2.52. The normalized spacial score (nSPS) is 43.9. The number of nitrogens with zero attached hydrogens (tertiary/aromatic N) is 1. The van der Waals surface area contributed by atoms with Gasteiger partial charge in [0.25, 0.3) is 0 Å². The number of hydrogen-bond acceptors (Lipinski definition) is 5. The van der Waals surface area contributed by atoms with E-state index in [1.165, 1.54) is 19.3 Å². The van der Waals surface area contributed by atoms with Gasteiger partial charge >= 0.3 is 0 Å². The van der Waals surface area contributed by atoms with Crippen LogP contribution in [0.5, 0.6) is 0 Å². The van der Waals surface area contributed by atoms with Gasteiger partial charge in [-0.1, -0.05) is 6.42 Å². The van der Waals surface area contributed by atoms with Crippen LogP contribution in [0, 0.1) is 11.8 Å². The van der Waals surface area contributed by atoms with E-state index in [0.717, 1.165) is 12.3 Å². The third-order valence-corrected chi connectivity index (χ3v) is 4.60. The molecule has 1 aliphatic heterocycles. The van der Waals surface area contributed by atoms with Crippen molar-refractivity contribution in [2.75, 3.05) is 6.61 Å². The average molecular weight is 255 g/mol. The lowest BCUT2D eigenvalue weighted by atomic mass is 9.80. The summed E-state index contributed by atoms with van der Waals surface area (Å²) in [7, 11) is 0. The number of aliphatic imine (C=N–C) groups is 1. The molecule has 3 aliphatic rings. The quantitative estimate of drug-likeness (QED) is 0.667. The van der Waals surface area contributed by atoms with Crippen LogP contribution in [-0.2, 0) is 4.74 Å². The Kier molecular flexibility index (Phi) is 3.30. The smallest absolute Gasteiger partial charge is 0.184 e. The Labute approximate surface area is 106 Å². The second-order valence-electron chi connectivity index (χ2n) is 5.83. The minimum absolute atomic E-state index is 0.122. The first-order valence-corrected chi connectivity index (χ1v) is 6.89. The molecule has 3 rings (SSSR count). The van der Waals surface area contributed by atoms with E-state index in [-0.39, 0.29) is 24.7 Å². The summed E-state index contributed by atoms with van der Waals surface area (Å²) in [5.41, 5.74) is 0. The topological polar surface area (TPSA) is 82.3 Å². The molecule has 0 spiro atoms. The van der Waals surface area contributed by atoms with Crippen molar-refractivity contribution in [3.8, 4) is 0 Å². The molecule has 0 amide bonds. The molecule has 0 aromatic carbocycles. The zero-order valence-corrected chi connectivity index (χ0v) is 10.4. The first-order chi connectivity index (χ1) is 8.69. The van der Waals surface area contributed by atoms with Crippen molar-refractivity contribution < 1.29 is 20.1 Å². The van der Waals surface area contributed by atoms with Crippen LogP contribution in [0.4, 0.5) is 0 Å². The minimum Gasteiger partial charge on any atom is -0.475 e. The summed E-state index contributed by atoms with van der Waals surface area (Å²) < 4.78 is 5.79. The third kappa shape index (κ3) is 2.04. The predicted octanol–water partition coefficient (Wildman–Crippen LogP) is 0.0765. The molecular weight excluding hydrogens is 234 g/mol. The lowest BCUT2D eigenvalue weighted by Gasteiger charge is -2.36. The van der Waals surface area contributed by atoms with Crippen LogP contribution >= 0.6 is 0 Å². The second kappa shape index (κ2) is 4.79. The van der Waals surface area contributed by atoms with Gasteiger partial charge in [0.2, 0.25) is 0 Å². The predicted molar refractivity (Wildman–Crippen MR) is 65.3 cm³/mol. The molecule has 0 bridgehead atoms. The summed E-state index contributed by atoms with van der Waals surface area (Å²) in [6, 6.07) is -0.349. The van der Waals surface area contributed by atoms with Crippen LogP contribution < -0.4 is 0 Å². The van der Waals surface area contributed by atoms with Gasteiger partial charge in [0.1, 0.15) is 18.2 Å². The largest absolute Gasteiger partial charge is 0.475 e. The van der Waals surface area contributed by atoms with E-state index in [9.17, 15) is 15.3 Å². The molecule has 2 saturated carbocycles. The van der Waals surface area contributed by atoms with Crippen LogP contribution in [0.1, 0.15) is 32.1 Å². The van der Waals surface area contributed by atoms with E-state index in [4.69, 9.17) is 4.74 Å². The van der Waals surface area contributed by atoms with E-state index >= 15 is 0 Å². The number of aliphatic hydroxyl groups is 3. The van der Waals surface area contributed by atoms with Gasteiger partial charge in [-0.25, -0.2) is 4.99 Å². The molecule has 5 nitrogen and oxygen atoms in total. The number of fused-ring (bicyclic) bond motifs is 1. The number of aliphatic hydroxyl groups excluding tert-OH is 3. The van der Waals surface area contributed by atoms with Crippen LogP contribution in [0.3, 0.4) is 0 Å². The van der Waals surface area contributed by atoms with Crippen molar-refractivity contribution in [2.24, 2.45) is 16.8 Å². The Bertz CT molecular complexity index is 342. The molecule has 0 radical (unpaired) electrons. The van der Waals surface area contributed by atoms with Gasteiger partial charge < -0.3 is 20.1 Å². The second-order valence-corrected chi connectivity index (χ2v) is 5.83. The van der Waals surface area contributed by atoms with Crippen molar-refractivity contribution in [1.29, 1.82) is 0 Å². The minimum atomic E-state index is -0.917. The molecule has 0 aromatic heterocycles. The fourth-order valence-corrected chi connectivity index (χ4v) is 3.15. The van der Waals surface area contributed by atoms with Crippen LogP contribution in [0.25, 0.3) is 0 Å². The summed E-state index contributed by atoms with van der Waals surface area (Å²) in [5.74, 6) is 1.11. The maximum Gasteiger partial charge on any atom is 0.184 e. The molecule has 5 atom stereocenters. The summed E-state index contributed by atoms with van der Waals surface area (Å²) in [6.07, 6.45) is 3.21. The highest BCUT2D eigenvalue weighted by atomic mass is 16.5. The van der Waals surface area contributed by atoms with Crippen LogP contribution in [0.2, 0.25) is 0 Å². The van der Waals surface area contributed by atoms with E-state index in [1.807, 2.05) is 0 Å². The molecule has 5 unspecified atom stereocenters. The summed E-state index contributed by atoms with van der Waals surface area (Å²) in [4.78, 5) is 4.43. The van der Waals surface area contributed by atoms with Crippen molar-refractivity contribution in [3.63, 3.8) is 0 Å². The molecular formula is C13H21NO4. The van der Waals surface area contributed by atoms with E-state index in [0.29, 0.717) is 12.3 Å². The molecule has 2 fully saturated rings. The molecule has 18 heavy (non-hydrogen) atoms. The highest BCUT2D eigenvalue weighted by Crippen LogP contribution is 2.36. The monoisotopic (exact) mass is 255 g/mol. The molecule has 2 aliphatic carbocycles. The van der Waals surface area contributed by atoms with Gasteiger partial charge in [0.05, 0.1) is 6.10 Å². The molecule has 1 heterocycles. The Hall–Kier alpha value is -0.650. The molecule has 3 N–H and O–H groups in total. The van der Waals surface area contributed by atoms with Gasteiger partial charge in [-0.2, -0.15) is 0 Å². The fraction of sp³-hybridized carbons (Fsp3) is 0.923. The standard InChI is InChI=1S/C13H21NO4/c15-6-8-5-9-11(13(17)12(8)16)14-10(18-9)4-7-2-1-3-7/h7-9,11-13,15-17H,1-6H2. The Morgan fingerprint density at radius 1 is 1.22 bits per heavy atom. The van der Waals surface area contributed by atoms with Crippen molar-refractivity contribution >= 4 is 5.90 Å². The molecule has 102 valence electrons. The van der Waals surface area contributed by atoms with Gasteiger partial charge in [0, 0.05) is 18.9 Å². The number of hydrogen-bond donors (Lipinski definition) is 3. The van der Waals surface area contributed by atoms with Crippen molar-refractivity contribution in [1.82, 2.24) is 0 Å². The zero-order valence-electron chi connectivity index (χ0n) is 10.4. The van der Waals surface area contributed by atoms with E-state index in [1.54, 1.807) is 0 Å². The van der Waals surface area contributed by atoms with Gasteiger partial charge in [-0.15, -0.1) is 0 Å². The summed E-state index contributed by atoms with van der Waals surface area (Å²) in [6.45, 7) is -0.122. The number of ether oxygens (including phenoxy) is 1. The summed E-state index contributed by atoms with van der Waals surface area (Å²) in [5, 5.41) is 29.1. The zero-order chi connectivity index (χ0) is 12.7. The van der Waals surface area contributed by atoms with E-state index < -0.39 is 12.2 Å². The maximum absolute atomic E-state index is 10.0. The lowest BCUT2D eigenvalue weighted by molar-refractivity contribution is -0.0948. The SMILES string of the molecule is OCC1CC2OC(CC3CCC3)=NC2C(O)C1O. The van der Waals surface area contributed by atoms with Crippen molar-refractivity contribution in [2.45, 2.75) is 56.5 Å². The van der Waals surface area contributed by atoms with Crippen LogP contribution in [-0.4, -0.2) is 52.2 Å². The van der Waals surface area contributed by atoms with Gasteiger partial charge in [-0.3, -0.25) is 0 Å². The molecule has 0 aromatic rings. The first-order valence-electron chi connectivity index (χ1n) is 6.89. The third-order valence-electron chi connectivity index (χ3n) is 4.60.